The van der Waals surface area contributed by atoms with E-state index in [1.807, 2.05) is 63.2 Å². The molecule has 1 aromatic carbocycles. The fraction of sp³-hybridized carbons (Fsp3) is 0.435. The molecule has 0 saturated carbocycles. The van der Waals surface area contributed by atoms with Gasteiger partial charge in [-0.3, -0.25) is 14.7 Å². The molecule has 0 aliphatic carbocycles. The molecule has 1 aliphatic rings. The number of carbonyl (C=O) groups is 2. The van der Waals surface area contributed by atoms with Gasteiger partial charge < -0.3 is 14.8 Å². The van der Waals surface area contributed by atoms with Crippen molar-refractivity contribution in [1.29, 1.82) is 0 Å². The molecule has 2 amide bonds. The Balaban J connectivity index is 1.86. The summed E-state index contributed by atoms with van der Waals surface area (Å²) in [5, 5.41) is 3.08. The lowest BCUT2D eigenvalue weighted by Gasteiger charge is -2.29. The lowest BCUT2D eigenvalue weighted by atomic mass is 10.0. The summed E-state index contributed by atoms with van der Waals surface area (Å²) in [7, 11) is 1.59. The number of amides is 2. The number of nitrogens with one attached hydrogen (secondary N) is 1. The van der Waals surface area contributed by atoms with Gasteiger partial charge in [0, 0.05) is 18.3 Å². The van der Waals surface area contributed by atoms with Crippen molar-refractivity contribution >= 4 is 12.0 Å². The fourth-order valence-electron chi connectivity index (χ4n) is 3.58. The number of benzene rings is 1. The van der Waals surface area contributed by atoms with Gasteiger partial charge in [-0.25, -0.2) is 4.79 Å². The van der Waals surface area contributed by atoms with Crippen molar-refractivity contribution < 1.29 is 19.1 Å². The van der Waals surface area contributed by atoms with Gasteiger partial charge in [-0.2, -0.15) is 0 Å². The molecule has 2 heterocycles. The van der Waals surface area contributed by atoms with E-state index in [-0.39, 0.29) is 5.91 Å². The van der Waals surface area contributed by atoms with Crippen LogP contribution in [0.3, 0.4) is 0 Å². The molecule has 0 radical (unpaired) electrons. The number of carbonyl (C=O) groups excluding carboxylic acids is 2. The SMILES string of the molecule is COc1ccccc1C(NC(=O)C1CCCN1C(=O)OC(C)(C)C)c1ccccn1. The molecule has 0 spiro atoms. The third-order valence-electron chi connectivity index (χ3n) is 4.90. The molecule has 2 atom stereocenters. The van der Waals surface area contributed by atoms with Crippen LogP contribution < -0.4 is 10.1 Å². The quantitative estimate of drug-likeness (QED) is 0.812. The Morgan fingerprint density at radius 2 is 1.90 bits per heavy atom. The molecular weight excluding hydrogens is 382 g/mol. The number of para-hydroxylation sites is 1. The summed E-state index contributed by atoms with van der Waals surface area (Å²) < 4.78 is 11.0. The number of aromatic nitrogens is 1. The van der Waals surface area contributed by atoms with E-state index < -0.39 is 23.8 Å². The van der Waals surface area contributed by atoms with Crippen LogP contribution in [0.4, 0.5) is 4.79 Å². The number of rotatable bonds is 5. The largest absolute Gasteiger partial charge is 0.496 e. The van der Waals surface area contributed by atoms with E-state index in [0.717, 1.165) is 12.0 Å². The molecule has 1 N–H and O–H groups in total. The Hall–Kier alpha value is -3.09. The average Bonchev–Trinajstić information content (AvgIpc) is 3.21. The van der Waals surface area contributed by atoms with E-state index in [4.69, 9.17) is 9.47 Å². The van der Waals surface area contributed by atoms with Crippen LogP contribution in [0.25, 0.3) is 0 Å². The maximum Gasteiger partial charge on any atom is 0.410 e. The minimum absolute atomic E-state index is 0.236. The minimum atomic E-state index is -0.616. The summed E-state index contributed by atoms with van der Waals surface area (Å²) in [5.41, 5.74) is 0.875. The van der Waals surface area contributed by atoms with E-state index in [1.165, 1.54) is 4.90 Å². The van der Waals surface area contributed by atoms with Gasteiger partial charge in [-0.1, -0.05) is 24.3 Å². The van der Waals surface area contributed by atoms with Crippen molar-refractivity contribution in [3.05, 3.63) is 59.9 Å². The van der Waals surface area contributed by atoms with Crippen LogP contribution in [0.2, 0.25) is 0 Å². The first-order chi connectivity index (χ1) is 14.3. The van der Waals surface area contributed by atoms with E-state index in [2.05, 4.69) is 10.3 Å². The molecule has 160 valence electrons. The zero-order valence-electron chi connectivity index (χ0n) is 17.9. The molecule has 0 bridgehead atoms. The Bertz CT molecular complexity index is 880. The minimum Gasteiger partial charge on any atom is -0.496 e. The molecule has 1 aliphatic heterocycles. The predicted molar refractivity (Wildman–Crippen MR) is 113 cm³/mol. The number of ether oxygens (including phenoxy) is 2. The average molecular weight is 412 g/mol. The Kier molecular flexibility index (Phi) is 6.59. The van der Waals surface area contributed by atoms with Crippen LogP contribution in [-0.2, 0) is 9.53 Å². The maximum atomic E-state index is 13.3. The number of methoxy groups -OCH3 is 1. The van der Waals surface area contributed by atoms with Crippen LogP contribution in [-0.4, -0.2) is 47.2 Å². The predicted octanol–water partition coefficient (Wildman–Crippen LogP) is 3.70. The third-order valence-corrected chi connectivity index (χ3v) is 4.90. The van der Waals surface area contributed by atoms with Gasteiger partial charge in [-0.05, 0) is 51.8 Å². The van der Waals surface area contributed by atoms with Gasteiger partial charge >= 0.3 is 6.09 Å². The standard InChI is InChI=1S/C23H29N3O4/c1-23(2,3)30-22(28)26-15-9-12-18(26)21(27)25-20(17-11-7-8-14-24-17)16-10-5-6-13-19(16)29-4/h5-8,10-11,13-14,18,20H,9,12,15H2,1-4H3,(H,25,27). The number of hydrogen-bond donors (Lipinski definition) is 1. The topological polar surface area (TPSA) is 80.8 Å². The highest BCUT2D eigenvalue weighted by Gasteiger charge is 2.38. The van der Waals surface area contributed by atoms with Crippen molar-refractivity contribution in [2.24, 2.45) is 0 Å². The van der Waals surface area contributed by atoms with Crippen LogP contribution in [0.5, 0.6) is 5.75 Å². The number of nitrogens with zero attached hydrogens (tertiary/aromatic N) is 2. The van der Waals surface area contributed by atoms with Crippen LogP contribution in [0, 0.1) is 0 Å². The van der Waals surface area contributed by atoms with E-state index in [1.54, 1.807) is 13.3 Å². The molecule has 3 rings (SSSR count). The second-order valence-corrected chi connectivity index (χ2v) is 8.27. The highest BCUT2D eigenvalue weighted by atomic mass is 16.6. The van der Waals surface area contributed by atoms with Crippen molar-refractivity contribution in [3.63, 3.8) is 0 Å². The zero-order chi connectivity index (χ0) is 21.7. The first-order valence-electron chi connectivity index (χ1n) is 10.1. The van der Waals surface area contributed by atoms with Crippen molar-refractivity contribution in [1.82, 2.24) is 15.2 Å². The second-order valence-electron chi connectivity index (χ2n) is 8.27. The lowest BCUT2D eigenvalue weighted by Crippen LogP contribution is -2.48. The van der Waals surface area contributed by atoms with Gasteiger partial charge in [0.2, 0.25) is 5.91 Å². The van der Waals surface area contributed by atoms with Crippen LogP contribution >= 0.6 is 0 Å². The molecule has 2 aromatic rings. The van der Waals surface area contributed by atoms with E-state index in [0.29, 0.717) is 24.4 Å². The van der Waals surface area contributed by atoms with Crippen molar-refractivity contribution in [2.45, 2.75) is 51.3 Å². The fourth-order valence-corrected chi connectivity index (χ4v) is 3.58. The molecule has 7 nitrogen and oxygen atoms in total. The second kappa shape index (κ2) is 9.15. The van der Waals surface area contributed by atoms with Crippen molar-refractivity contribution in [3.8, 4) is 5.75 Å². The van der Waals surface area contributed by atoms with E-state index >= 15 is 0 Å². The number of pyridine rings is 1. The van der Waals surface area contributed by atoms with Crippen LogP contribution in [0.1, 0.15) is 50.9 Å². The third kappa shape index (κ3) is 5.09. The smallest absolute Gasteiger partial charge is 0.410 e. The summed E-state index contributed by atoms with van der Waals surface area (Å²) in [5.74, 6) is 0.420. The number of likely N-dealkylation sites (tertiary alicyclic amines) is 1. The molecule has 1 fully saturated rings. The first-order valence-corrected chi connectivity index (χ1v) is 10.1. The summed E-state index contributed by atoms with van der Waals surface area (Å²) in [6.45, 7) is 5.94. The highest BCUT2D eigenvalue weighted by Crippen LogP contribution is 2.30. The summed E-state index contributed by atoms with van der Waals surface area (Å²) in [6, 6.07) is 12.0. The van der Waals surface area contributed by atoms with E-state index in [9.17, 15) is 9.59 Å². The maximum absolute atomic E-state index is 13.3. The van der Waals surface area contributed by atoms with Gasteiger partial charge in [0.25, 0.3) is 0 Å². The van der Waals surface area contributed by atoms with Gasteiger partial charge in [0.15, 0.2) is 0 Å². The molecule has 7 heteroatoms. The van der Waals surface area contributed by atoms with Crippen molar-refractivity contribution in [2.75, 3.05) is 13.7 Å². The van der Waals surface area contributed by atoms with Gasteiger partial charge in [0.1, 0.15) is 23.4 Å². The Labute approximate surface area is 177 Å². The van der Waals surface area contributed by atoms with Gasteiger partial charge in [0.05, 0.1) is 12.8 Å². The Morgan fingerprint density at radius 1 is 1.17 bits per heavy atom. The number of hydrogen-bond acceptors (Lipinski definition) is 5. The normalized spacial score (nSPS) is 17.3. The summed E-state index contributed by atoms with van der Waals surface area (Å²) >= 11 is 0. The highest BCUT2D eigenvalue weighted by molar-refractivity contribution is 5.87. The molecule has 30 heavy (non-hydrogen) atoms. The lowest BCUT2D eigenvalue weighted by molar-refractivity contribution is -0.126. The Morgan fingerprint density at radius 3 is 2.57 bits per heavy atom. The monoisotopic (exact) mass is 411 g/mol. The summed E-state index contributed by atoms with van der Waals surface area (Å²) in [6.07, 6.45) is 2.56. The molecule has 2 unspecified atom stereocenters. The molecule has 1 saturated heterocycles. The zero-order valence-corrected chi connectivity index (χ0v) is 17.9. The first kappa shape index (κ1) is 21.6. The van der Waals surface area contributed by atoms with Gasteiger partial charge in [-0.15, -0.1) is 0 Å². The molecule has 1 aromatic heterocycles. The summed E-state index contributed by atoms with van der Waals surface area (Å²) in [4.78, 5) is 31.8. The van der Waals surface area contributed by atoms with Crippen LogP contribution in [0.15, 0.2) is 48.7 Å². The molecular formula is C23H29N3O4.